The maximum absolute atomic E-state index is 12.4. The summed E-state index contributed by atoms with van der Waals surface area (Å²) in [6, 6.07) is 18.3. The van der Waals surface area contributed by atoms with Gasteiger partial charge in [0, 0.05) is 23.3 Å². The molecule has 1 N–H and O–H groups in total. The van der Waals surface area contributed by atoms with Gasteiger partial charge in [0.15, 0.2) is 0 Å². The lowest BCUT2D eigenvalue weighted by atomic mass is 9.97. The van der Waals surface area contributed by atoms with Crippen LogP contribution in [0, 0.1) is 6.92 Å². The van der Waals surface area contributed by atoms with Crippen LogP contribution in [-0.4, -0.2) is 20.9 Å². The summed E-state index contributed by atoms with van der Waals surface area (Å²) in [6.07, 6.45) is 4.40. The smallest absolute Gasteiger partial charge is 0.254 e. The van der Waals surface area contributed by atoms with Crippen LogP contribution < -0.4 is 5.32 Å². The molecule has 27 heavy (non-hydrogen) atoms. The van der Waals surface area contributed by atoms with Gasteiger partial charge in [0.05, 0.1) is 23.3 Å². The summed E-state index contributed by atoms with van der Waals surface area (Å²) < 4.78 is 0. The van der Waals surface area contributed by atoms with Crippen molar-refractivity contribution in [3.05, 3.63) is 90.1 Å². The zero-order valence-electron chi connectivity index (χ0n) is 14.9. The Hall–Kier alpha value is -3.60. The van der Waals surface area contributed by atoms with Crippen LogP contribution in [0.15, 0.2) is 73.3 Å². The highest BCUT2D eigenvalue weighted by molar-refractivity contribution is 5.93. The molecule has 0 bridgehead atoms. The van der Waals surface area contributed by atoms with E-state index in [1.165, 1.54) is 24.3 Å². The Morgan fingerprint density at radius 1 is 0.963 bits per heavy atom. The van der Waals surface area contributed by atoms with Crippen molar-refractivity contribution in [3.63, 3.8) is 0 Å². The van der Waals surface area contributed by atoms with E-state index < -0.39 is 0 Å². The first-order chi connectivity index (χ1) is 13.2. The van der Waals surface area contributed by atoms with E-state index >= 15 is 0 Å². The van der Waals surface area contributed by atoms with Crippen LogP contribution in [0.1, 0.15) is 21.6 Å². The van der Waals surface area contributed by atoms with Crippen LogP contribution in [-0.2, 0) is 6.54 Å². The summed E-state index contributed by atoms with van der Waals surface area (Å²) in [5, 5.41) is 4.00. The Labute approximate surface area is 157 Å². The molecule has 0 saturated heterocycles. The monoisotopic (exact) mass is 354 g/mol. The summed E-state index contributed by atoms with van der Waals surface area (Å²) in [6.45, 7) is 2.40. The maximum Gasteiger partial charge on any atom is 0.254 e. The fraction of sp³-hybridized carbons (Fsp3) is 0.0909. The SMILES string of the molecule is Cc1ccccc1-c1cc2ccccc2nc1CNC(=O)c1cncnc1. The Kier molecular flexibility index (Phi) is 4.58. The van der Waals surface area contributed by atoms with Gasteiger partial charge in [0.2, 0.25) is 0 Å². The number of para-hydroxylation sites is 1. The number of aryl methyl sites for hydroxylation is 1. The van der Waals surface area contributed by atoms with E-state index in [0.29, 0.717) is 12.1 Å². The molecule has 2 aromatic carbocycles. The number of rotatable bonds is 4. The van der Waals surface area contributed by atoms with Crippen LogP contribution >= 0.6 is 0 Å². The number of hydrogen-bond acceptors (Lipinski definition) is 4. The summed E-state index contributed by atoms with van der Waals surface area (Å²) in [7, 11) is 0. The lowest BCUT2D eigenvalue weighted by Crippen LogP contribution is -2.24. The van der Waals surface area contributed by atoms with Crippen LogP contribution in [0.25, 0.3) is 22.0 Å². The van der Waals surface area contributed by atoms with Crippen molar-refractivity contribution in [2.24, 2.45) is 0 Å². The molecule has 2 heterocycles. The number of fused-ring (bicyclic) bond motifs is 1. The van der Waals surface area contributed by atoms with E-state index in [9.17, 15) is 4.79 Å². The van der Waals surface area contributed by atoms with Crippen LogP contribution in [0.2, 0.25) is 0 Å². The van der Waals surface area contributed by atoms with Crippen molar-refractivity contribution < 1.29 is 4.79 Å². The second-order valence-corrected chi connectivity index (χ2v) is 6.30. The summed E-state index contributed by atoms with van der Waals surface area (Å²) in [4.78, 5) is 25.0. The van der Waals surface area contributed by atoms with E-state index in [-0.39, 0.29) is 5.91 Å². The molecule has 1 amide bonds. The maximum atomic E-state index is 12.4. The van der Waals surface area contributed by atoms with E-state index in [0.717, 1.165) is 27.7 Å². The van der Waals surface area contributed by atoms with Gasteiger partial charge >= 0.3 is 0 Å². The largest absolute Gasteiger partial charge is 0.346 e. The number of amides is 1. The third-order valence-electron chi connectivity index (χ3n) is 4.48. The van der Waals surface area contributed by atoms with Gasteiger partial charge < -0.3 is 5.32 Å². The summed E-state index contributed by atoms with van der Waals surface area (Å²) >= 11 is 0. The Balaban J connectivity index is 1.73. The Morgan fingerprint density at radius 3 is 2.52 bits per heavy atom. The van der Waals surface area contributed by atoms with Gasteiger partial charge in [-0.05, 0) is 30.2 Å². The molecule has 0 aliphatic rings. The van der Waals surface area contributed by atoms with E-state index in [1.807, 2.05) is 36.4 Å². The zero-order chi connectivity index (χ0) is 18.6. The molecule has 0 unspecified atom stereocenters. The predicted molar refractivity (Wildman–Crippen MR) is 105 cm³/mol. The van der Waals surface area contributed by atoms with Gasteiger partial charge in [-0.1, -0.05) is 42.5 Å². The van der Waals surface area contributed by atoms with Crippen LogP contribution in [0.3, 0.4) is 0 Å². The molecule has 0 atom stereocenters. The minimum absolute atomic E-state index is 0.221. The number of nitrogens with one attached hydrogen (secondary N) is 1. The van der Waals surface area contributed by atoms with Crippen molar-refractivity contribution >= 4 is 16.8 Å². The van der Waals surface area contributed by atoms with Crippen molar-refractivity contribution in [3.8, 4) is 11.1 Å². The average molecular weight is 354 g/mol. The molecule has 0 aliphatic heterocycles. The standard InChI is InChI=1S/C22H18N4O/c1-15-6-2-4-8-18(15)19-10-16-7-3-5-9-20(16)26-21(19)13-25-22(27)17-11-23-14-24-12-17/h2-12,14H,13H2,1H3,(H,25,27). The summed E-state index contributed by atoms with van der Waals surface area (Å²) in [5.74, 6) is -0.221. The molecule has 2 aromatic heterocycles. The fourth-order valence-corrected chi connectivity index (χ4v) is 3.08. The molecular weight excluding hydrogens is 336 g/mol. The van der Waals surface area contributed by atoms with Crippen molar-refractivity contribution in [2.45, 2.75) is 13.5 Å². The number of carbonyl (C=O) groups is 1. The highest BCUT2D eigenvalue weighted by atomic mass is 16.1. The van der Waals surface area contributed by atoms with Gasteiger partial charge in [0.25, 0.3) is 5.91 Å². The molecular formula is C22H18N4O. The molecule has 4 aromatic rings. The number of hydrogen-bond donors (Lipinski definition) is 1. The van der Waals surface area contributed by atoms with Crippen LogP contribution in [0.5, 0.6) is 0 Å². The predicted octanol–water partition coefficient (Wildman–Crippen LogP) is 3.93. The molecule has 0 saturated carbocycles. The summed E-state index contributed by atoms with van der Waals surface area (Å²) in [5.41, 5.74) is 5.46. The first kappa shape index (κ1) is 16.8. The topological polar surface area (TPSA) is 67.8 Å². The minimum atomic E-state index is -0.221. The molecule has 0 fully saturated rings. The normalized spacial score (nSPS) is 10.7. The Bertz CT molecular complexity index is 1110. The van der Waals surface area contributed by atoms with Crippen molar-refractivity contribution in [2.75, 3.05) is 0 Å². The van der Waals surface area contributed by atoms with Gasteiger partial charge in [-0.15, -0.1) is 0 Å². The second-order valence-electron chi connectivity index (χ2n) is 6.30. The Morgan fingerprint density at radius 2 is 1.70 bits per heavy atom. The highest BCUT2D eigenvalue weighted by Gasteiger charge is 2.13. The lowest BCUT2D eigenvalue weighted by molar-refractivity contribution is 0.0949. The van der Waals surface area contributed by atoms with Gasteiger partial charge in [0.1, 0.15) is 6.33 Å². The molecule has 5 heteroatoms. The third-order valence-corrected chi connectivity index (χ3v) is 4.48. The second kappa shape index (κ2) is 7.33. The van der Waals surface area contributed by atoms with Crippen molar-refractivity contribution in [1.82, 2.24) is 20.3 Å². The average Bonchev–Trinajstić information content (AvgIpc) is 2.72. The van der Waals surface area contributed by atoms with Gasteiger partial charge in [-0.3, -0.25) is 9.78 Å². The van der Waals surface area contributed by atoms with Crippen molar-refractivity contribution in [1.29, 1.82) is 0 Å². The number of carbonyl (C=O) groups excluding carboxylic acids is 1. The van der Waals surface area contributed by atoms with E-state index in [4.69, 9.17) is 4.98 Å². The number of benzene rings is 2. The molecule has 0 radical (unpaired) electrons. The van der Waals surface area contributed by atoms with E-state index in [1.54, 1.807) is 0 Å². The van der Waals surface area contributed by atoms with Gasteiger partial charge in [-0.25, -0.2) is 9.97 Å². The number of nitrogens with zero attached hydrogens (tertiary/aromatic N) is 3. The van der Waals surface area contributed by atoms with E-state index in [2.05, 4.69) is 40.4 Å². The number of aromatic nitrogens is 3. The van der Waals surface area contributed by atoms with Gasteiger partial charge in [-0.2, -0.15) is 0 Å². The molecule has 132 valence electrons. The molecule has 5 nitrogen and oxygen atoms in total. The molecule has 4 rings (SSSR count). The molecule has 0 aliphatic carbocycles. The highest BCUT2D eigenvalue weighted by Crippen LogP contribution is 2.29. The third kappa shape index (κ3) is 3.53. The lowest BCUT2D eigenvalue weighted by Gasteiger charge is -2.14. The zero-order valence-corrected chi connectivity index (χ0v) is 14.9. The molecule has 0 spiro atoms. The quantitative estimate of drug-likeness (QED) is 0.603. The minimum Gasteiger partial charge on any atom is -0.346 e. The first-order valence-electron chi connectivity index (χ1n) is 8.70. The fourth-order valence-electron chi connectivity index (χ4n) is 3.08. The number of pyridine rings is 1. The first-order valence-corrected chi connectivity index (χ1v) is 8.70. The van der Waals surface area contributed by atoms with Crippen LogP contribution in [0.4, 0.5) is 0 Å².